The van der Waals surface area contributed by atoms with Gasteiger partial charge in [0.15, 0.2) is 5.92 Å². The summed E-state index contributed by atoms with van der Waals surface area (Å²) >= 11 is 0. The van der Waals surface area contributed by atoms with E-state index in [1.807, 2.05) is 0 Å². The number of benzene rings is 2. The average molecular weight is 491 g/mol. The van der Waals surface area contributed by atoms with Gasteiger partial charge in [-0.15, -0.1) is 0 Å². The van der Waals surface area contributed by atoms with Crippen LogP contribution in [0.4, 0.5) is 37.7 Å². The van der Waals surface area contributed by atoms with Gasteiger partial charge in [0.2, 0.25) is 0 Å². The molecule has 184 valence electrons. The number of carbonyl (C=O) groups excluding carboxylic acids is 2. The molecule has 0 aliphatic rings. The Balaban J connectivity index is 2.46. The number of hydrogen-bond donors (Lipinski definition) is 2. The molecule has 0 atom stereocenters. The Morgan fingerprint density at radius 3 is 2.03 bits per heavy atom. The molecule has 0 fully saturated rings. The molecule has 7 nitrogen and oxygen atoms in total. The van der Waals surface area contributed by atoms with Crippen LogP contribution in [0, 0.1) is 17.0 Å². The van der Waals surface area contributed by atoms with Gasteiger partial charge in [-0.2, -0.15) is 26.3 Å². The number of nitrogens with one attached hydrogen (secondary N) is 2. The van der Waals surface area contributed by atoms with E-state index in [2.05, 4.69) is 10.6 Å². The lowest BCUT2D eigenvalue weighted by molar-refractivity contribution is -0.385. The molecule has 0 saturated carbocycles. The maximum atomic E-state index is 13.0. The first-order chi connectivity index (χ1) is 15.5. The summed E-state index contributed by atoms with van der Waals surface area (Å²) in [6, 6.07) is 4.96. The number of amides is 2. The minimum Gasteiger partial charge on any atom is -0.350 e. The molecular formula is C21H19F6N3O4. The van der Waals surface area contributed by atoms with Gasteiger partial charge in [-0.25, -0.2) is 0 Å². The average Bonchev–Trinajstić information content (AvgIpc) is 2.66. The topological polar surface area (TPSA) is 101 Å². The molecule has 2 amide bonds. The molecule has 0 unspecified atom stereocenters. The Morgan fingerprint density at radius 2 is 1.56 bits per heavy atom. The summed E-state index contributed by atoms with van der Waals surface area (Å²) in [6.45, 7) is 4.36. The van der Waals surface area contributed by atoms with Crippen molar-refractivity contribution in [3.05, 3.63) is 68.8 Å². The van der Waals surface area contributed by atoms with Crippen LogP contribution in [0.1, 0.15) is 51.6 Å². The van der Waals surface area contributed by atoms with E-state index in [9.17, 15) is 46.0 Å². The van der Waals surface area contributed by atoms with Gasteiger partial charge in [-0.05, 0) is 44.0 Å². The zero-order chi connectivity index (χ0) is 26.0. The van der Waals surface area contributed by atoms with E-state index in [4.69, 9.17) is 0 Å². The molecule has 2 aromatic rings. The van der Waals surface area contributed by atoms with Crippen molar-refractivity contribution in [2.45, 2.75) is 45.1 Å². The minimum atomic E-state index is -5.59. The lowest BCUT2D eigenvalue weighted by Crippen LogP contribution is -2.34. The van der Waals surface area contributed by atoms with Crippen LogP contribution in [-0.4, -0.2) is 35.1 Å². The van der Waals surface area contributed by atoms with Crippen LogP contribution in [0.15, 0.2) is 36.4 Å². The Hall–Kier alpha value is -3.64. The Labute approximate surface area is 189 Å². The number of nitro groups is 1. The molecular weight excluding hydrogens is 472 g/mol. The molecule has 2 N–H and O–H groups in total. The Kier molecular flexibility index (Phi) is 7.59. The number of halogens is 6. The fourth-order valence-electron chi connectivity index (χ4n) is 3.21. The first-order valence-corrected chi connectivity index (χ1v) is 9.67. The van der Waals surface area contributed by atoms with Gasteiger partial charge in [0.1, 0.15) is 5.56 Å². The predicted molar refractivity (Wildman–Crippen MR) is 110 cm³/mol. The van der Waals surface area contributed by atoms with Gasteiger partial charge in [0.25, 0.3) is 17.5 Å². The van der Waals surface area contributed by atoms with Crippen molar-refractivity contribution in [1.29, 1.82) is 0 Å². The number of anilines is 1. The normalized spacial score (nSPS) is 12.1. The van der Waals surface area contributed by atoms with Crippen LogP contribution in [-0.2, 0) is 0 Å². The van der Waals surface area contributed by atoms with Crippen LogP contribution in [0.3, 0.4) is 0 Å². The molecule has 0 spiro atoms. The first kappa shape index (κ1) is 26.6. The molecule has 0 aliphatic carbocycles. The van der Waals surface area contributed by atoms with Gasteiger partial charge in [-0.1, -0.05) is 18.2 Å². The molecule has 0 aromatic heterocycles. The zero-order valence-electron chi connectivity index (χ0n) is 18.0. The maximum Gasteiger partial charge on any atom is 0.404 e. The molecule has 0 radical (unpaired) electrons. The van der Waals surface area contributed by atoms with Crippen molar-refractivity contribution < 1.29 is 40.9 Å². The monoisotopic (exact) mass is 491 g/mol. The molecule has 2 rings (SSSR count). The van der Waals surface area contributed by atoms with Crippen molar-refractivity contribution in [3.8, 4) is 0 Å². The lowest BCUT2D eigenvalue weighted by atomic mass is 9.95. The first-order valence-electron chi connectivity index (χ1n) is 9.67. The van der Waals surface area contributed by atoms with Gasteiger partial charge in [0, 0.05) is 17.8 Å². The number of nitrogens with zero attached hydrogens (tertiary/aromatic N) is 1. The number of aryl methyl sites for hydroxylation is 1. The summed E-state index contributed by atoms with van der Waals surface area (Å²) in [5.74, 6) is -5.64. The van der Waals surface area contributed by atoms with Crippen LogP contribution < -0.4 is 10.6 Å². The number of carbonyl (C=O) groups is 2. The third-order valence-electron chi connectivity index (χ3n) is 4.62. The largest absolute Gasteiger partial charge is 0.404 e. The molecule has 34 heavy (non-hydrogen) atoms. The summed E-state index contributed by atoms with van der Waals surface area (Å²) in [7, 11) is 0. The fraction of sp³-hybridized carbons (Fsp3) is 0.333. The summed E-state index contributed by atoms with van der Waals surface area (Å²) in [5.41, 5.74) is -2.93. The van der Waals surface area contributed by atoms with E-state index in [1.54, 1.807) is 13.8 Å². The summed E-state index contributed by atoms with van der Waals surface area (Å²) in [4.78, 5) is 35.9. The van der Waals surface area contributed by atoms with Crippen LogP contribution in [0.25, 0.3) is 0 Å². The number of rotatable bonds is 6. The second-order valence-corrected chi connectivity index (χ2v) is 7.63. The van der Waals surface area contributed by atoms with Crippen molar-refractivity contribution in [2.75, 3.05) is 5.32 Å². The molecule has 0 heterocycles. The molecule has 0 saturated heterocycles. The standard InChI is InChI=1S/C21H19F6N3O4/c1-10(2)28-19(32)16-13(5-4-6-15(16)30(33)34)18(31)29-14-8-7-12(9-11(14)3)17(20(22,23)24)21(25,26)27/h4-10,17H,1-3H3,(H,28,32)(H,29,31). The van der Waals surface area contributed by atoms with E-state index < -0.39 is 63.4 Å². The molecule has 0 aliphatic heterocycles. The second kappa shape index (κ2) is 9.69. The summed E-state index contributed by atoms with van der Waals surface area (Å²) < 4.78 is 78.0. The van der Waals surface area contributed by atoms with E-state index in [0.717, 1.165) is 24.3 Å². The minimum absolute atomic E-state index is 0.122. The Bertz CT molecular complexity index is 1100. The summed E-state index contributed by atoms with van der Waals surface area (Å²) in [6.07, 6.45) is -11.2. The third kappa shape index (κ3) is 6.02. The Morgan fingerprint density at radius 1 is 0.971 bits per heavy atom. The van der Waals surface area contributed by atoms with Crippen LogP contribution in [0.2, 0.25) is 0 Å². The SMILES string of the molecule is Cc1cc(C(C(F)(F)F)C(F)(F)F)ccc1NC(=O)c1cccc([N+](=O)[O-])c1C(=O)NC(C)C. The highest BCUT2D eigenvalue weighted by Crippen LogP contribution is 2.46. The molecule has 13 heteroatoms. The number of alkyl halides is 6. The quantitative estimate of drug-likeness (QED) is 0.317. The van der Waals surface area contributed by atoms with Crippen LogP contribution >= 0.6 is 0 Å². The van der Waals surface area contributed by atoms with E-state index in [0.29, 0.717) is 12.1 Å². The van der Waals surface area contributed by atoms with Crippen molar-refractivity contribution in [2.24, 2.45) is 0 Å². The highest BCUT2D eigenvalue weighted by atomic mass is 19.4. The highest BCUT2D eigenvalue weighted by molar-refractivity contribution is 6.14. The van der Waals surface area contributed by atoms with Gasteiger partial charge < -0.3 is 10.6 Å². The third-order valence-corrected chi connectivity index (χ3v) is 4.62. The molecule has 2 aromatic carbocycles. The van der Waals surface area contributed by atoms with Gasteiger partial charge in [-0.3, -0.25) is 19.7 Å². The number of hydrogen-bond acceptors (Lipinski definition) is 4. The number of nitro benzene ring substituents is 1. The lowest BCUT2D eigenvalue weighted by Gasteiger charge is -2.24. The van der Waals surface area contributed by atoms with E-state index in [1.165, 1.54) is 6.92 Å². The fourth-order valence-corrected chi connectivity index (χ4v) is 3.21. The predicted octanol–water partition coefficient (Wildman–Crippen LogP) is 5.50. The van der Waals surface area contributed by atoms with Crippen molar-refractivity contribution in [3.63, 3.8) is 0 Å². The van der Waals surface area contributed by atoms with Crippen LogP contribution in [0.5, 0.6) is 0 Å². The van der Waals surface area contributed by atoms with E-state index in [-0.39, 0.29) is 11.3 Å². The van der Waals surface area contributed by atoms with Crippen molar-refractivity contribution in [1.82, 2.24) is 5.32 Å². The van der Waals surface area contributed by atoms with Gasteiger partial charge >= 0.3 is 12.4 Å². The highest BCUT2D eigenvalue weighted by Gasteiger charge is 2.57. The molecule has 0 bridgehead atoms. The zero-order valence-corrected chi connectivity index (χ0v) is 18.0. The van der Waals surface area contributed by atoms with Gasteiger partial charge in [0.05, 0.1) is 10.5 Å². The summed E-state index contributed by atoms with van der Waals surface area (Å²) in [5, 5.41) is 16.1. The maximum absolute atomic E-state index is 13.0. The van der Waals surface area contributed by atoms with E-state index >= 15 is 0 Å². The van der Waals surface area contributed by atoms with Crippen molar-refractivity contribution >= 4 is 23.2 Å². The smallest absolute Gasteiger partial charge is 0.350 e. The second-order valence-electron chi connectivity index (χ2n) is 7.63.